The Morgan fingerprint density at radius 2 is 1.69 bits per heavy atom. The van der Waals surface area contributed by atoms with Gasteiger partial charge in [-0.2, -0.15) is 0 Å². The van der Waals surface area contributed by atoms with Crippen molar-refractivity contribution in [1.82, 2.24) is 15.5 Å². The van der Waals surface area contributed by atoms with E-state index < -0.39 is 35.6 Å². The van der Waals surface area contributed by atoms with Crippen molar-refractivity contribution in [3.05, 3.63) is 29.8 Å². The minimum absolute atomic E-state index is 0.0206. The van der Waals surface area contributed by atoms with Gasteiger partial charge in [-0.05, 0) is 58.7 Å². The zero-order valence-corrected chi connectivity index (χ0v) is 19.8. The number of hydrogen-bond donors (Lipinski definition) is 4. The summed E-state index contributed by atoms with van der Waals surface area (Å²) in [6, 6.07) is 3.77. The molecular weight excluding hydrogens is 414 g/mol. The molecule has 3 atom stereocenters. The molecule has 32 heavy (non-hydrogen) atoms. The van der Waals surface area contributed by atoms with Crippen LogP contribution in [-0.2, 0) is 14.3 Å². The second-order valence-electron chi connectivity index (χ2n) is 8.82. The first-order valence-electron chi connectivity index (χ1n) is 10.9. The largest absolute Gasteiger partial charge is 0.508 e. The molecule has 1 aromatic rings. The number of aliphatic hydroxyl groups is 1. The van der Waals surface area contributed by atoms with Crippen molar-refractivity contribution in [3.63, 3.8) is 0 Å². The Balaban J connectivity index is 3.21. The van der Waals surface area contributed by atoms with Crippen LogP contribution in [0.25, 0.3) is 0 Å². The van der Waals surface area contributed by atoms with Crippen molar-refractivity contribution >= 4 is 17.9 Å². The molecule has 3 unspecified atom stereocenters. The number of alkyl carbamates (subject to hydrolysis) is 1. The lowest BCUT2D eigenvalue weighted by Gasteiger charge is -2.34. The van der Waals surface area contributed by atoms with Crippen LogP contribution in [0.2, 0.25) is 0 Å². The van der Waals surface area contributed by atoms with Crippen molar-refractivity contribution in [2.45, 2.75) is 78.1 Å². The molecule has 180 valence electrons. The van der Waals surface area contributed by atoms with Crippen molar-refractivity contribution < 1.29 is 29.3 Å². The highest BCUT2D eigenvalue weighted by atomic mass is 16.6. The maximum Gasteiger partial charge on any atom is 0.408 e. The fourth-order valence-electron chi connectivity index (χ4n) is 3.23. The summed E-state index contributed by atoms with van der Waals surface area (Å²) in [5.41, 5.74) is -0.267. The van der Waals surface area contributed by atoms with Gasteiger partial charge >= 0.3 is 6.09 Å². The summed E-state index contributed by atoms with van der Waals surface area (Å²) in [5, 5.41) is 24.6. The number of amides is 3. The smallest absolute Gasteiger partial charge is 0.408 e. The summed E-state index contributed by atoms with van der Waals surface area (Å²) in [6.45, 7) is 9.99. The van der Waals surface area contributed by atoms with E-state index >= 15 is 0 Å². The van der Waals surface area contributed by atoms with Crippen LogP contribution in [0.3, 0.4) is 0 Å². The van der Waals surface area contributed by atoms with Gasteiger partial charge in [-0.15, -0.1) is 0 Å². The molecule has 0 aliphatic rings. The van der Waals surface area contributed by atoms with Gasteiger partial charge in [0.25, 0.3) is 0 Å². The molecule has 0 aliphatic carbocycles. The average molecular weight is 452 g/mol. The molecule has 0 saturated heterocycles. The first kappa shape index (κ1) is 27.2. The number of rotatable bonds is 10. The van der Waals surface area contributed by atoms with Crippen LogP contribution in [0.1, 0.15) is 66.0 Å². The third kappa shape index (κ3) is 8.74. The van der Waals surface area contributed by atoms with Gasteiger partial charge < -0.3 is 30.5 Å². The third-order valence-corrected chi connectivity index (χ3v) is 4.61. The van der Waals surface area contributed by atoms with Crippen LogP contribution in [0.5, 0.6) is 5.75 Å². The van der Waals surface area contributed by atoms with E-state index in [0.717, 1.165) is 12.8 Å². The van der Waals surface area contributed by atoms with Gasteiger partial charge in [0.05, 0.1) is 6.61 Å². The minimum atomic E-state index is -1.06. The number of nitrogens with one attached hydrogen (secondary N) is 2. The Morgan fingerprint density at radius 1 is 1.09 bits per heavy atom. The highest BCUT2D eigenvalue weighted by molar-refractivity contribution is 5.92. The van der Waals surface area contributed by atoms with E-state index in [9.17, 15) is 24.6 Å². The second kappa shape index (κ2) is 12.3. The maximum atomic E-state index is 13.2. The molecule has 1 aromatic carbocycles. The number of carbonyl (C=O) groups is 3. The lowest BCUT2D eigenvalue weighted by molar-refractivity contribution is -0.143. The van der Waals surface area contributed by atoms with Crippen LogP contribution in [0.15, 0.2) is 24.3 Å². The first-order valence-corrected chi connectivity index (χ1v) is 10.9. The van der Waals surface area contributed by atoms with Gasteiger partial charge in [0.1, 0.15) is 23.4 Å². The molecule has 0 aliphatic heterocycles. The Hall–Kier alpha value is -2.81. The van der Waals surface area contributed by atoms with E-state index in [4.69, 9.17) is 4.74 Å². The third-order valence-electron chi connectivity index (χ3n) is 4.61. The summed E-state index contributed by atoms with van der Waals surface area (Å²) < 4.78 is 5.21. The summed E-state index contributed by atoms with van der Waals surface area (Å²) in [7, 11) is 0. The number of phenols is 1. The summed E-state index contributed by atoms with van der Waals surface area (Å²) in [4.78, 5) is 39.8. The van der Waals surface area contributed by atoms with Gasteiger partial charge in [-0.1, -0.05) is 25.5 Å². The number of aliphatic hydroxyl groups excluding tert-OH is 1. The standard InChI is InChI=1S/C23H37N3O6/c1-7-8-15(2)24-20(29)19(17-9-11-18(28)12-10-17)26(13-14-27)21(30)16(3)25-22(31)32-23(4,5)6/h9-12,15-16,19,27-28H,7-8,13-14H2,1-6H3,(H,24,29)(H,25,31). The molecule has 0 radical (unpaired) electrons. The normalized spacial score (nSPS) is 14.1. The molecular formula is C23H37N3O6. The van der Waals surface area contributed by atoms with E-state index in [1.165, 1.54) is 24.0 Å². The molecule has 3 amide bonds. The van der Waals surface area contributed by atoms with Gasteiger partial charge in [-0.25, -0.2) is 4.79 Å². The molecule has 9 nitrogen and oxygen atoms in total. The van der Waals surface area contributed by atoms with Crippen LogP contribution in [0.4, 0.5) is 4.79 Å². The molecule has 0 saturated carbocycles. The van der Waals surface area contributed by atoms with Crippen molar-refractivity contribution in [3.8, 4) is 5.75 Å². The van der Waals surface area contributed by atoms with Gasteiger partial charge in [0.15, 0.2) is 0 Å². The number of phenolic OH excluding ortho intramolecular Hbond substituents is 1. The second-order valence-corrected chi connectivity index (χ2v) is 8.82. The molecule has 9 heteroatoms. The lowest BCUT2D eigenvalue weighted by atomic mass is 10.0. The highest BCUT2D eigenvalue weighted by Crippen LogP contribution is 2.24. The van der Waals surface area contributed by atoms with Crippen LogP contribution in [-0.4, -0.2) is 63.9 Å². The van der Waals surface area contributed by atoms with Gasteiger partial charge in [0, 0.05) is 12.6 Å². The van der Waals surface area contributed by atoms with E-state index in [-0.39, 0.29) is 24.9 Å². The Bertz CT molecular complexity index is 760. The topological polar surface area (TPSA) is 128 Å². The zero-order chi connectivity index (χ0) is 24.5. The fourth-order valence-corrected chi connectivity index (χ4v) is 3.23. The average Bonchev–Trinajstić information content (AvgIpc) is 2.67. The number of benzene rings is 1. The van der Waals surface area contributed by atoms with Crippen LogP contribution < -0.4 is 10.6 Å². The van der Waals surface area contributed by atoms with Gasteiger partial charge in [-0.3, -0.25) is 9.59 Å². The minimum Gasteiger partial charge on any atom is -0.508 e. The Morgan fingerprint density at radius 3 is 2.19 bits per heavy atom. The lowest BCUT2D eigenvalue weighted by Crippen LogP contribution is -2.53. The zero-order valence-electron chi connectivity index (χ0n) is 19.8. The molecule has 0 aromatic heterocycles. The monoisotopic (exact) mass is 451 g/mol. The van der Waals surface area contributed by atoms with E-state index in [2.05, 4.69) is 10.6 Å². The SMILES string of the molecule is CCCC(C)NC(=O)C(c1ccc(O)cc1)N(CCO)C(=O)C(C)NC(=O)OC(C)(C)C. The Kier molecular flexibility index (Phi) is 10.5. The summed E-state index contributed by atoms with van der Waals surface area (Å²) in [6.07, 6.45) is 0.879. The molecule has 0 heterocycles. The highest BCUT2D eigenvalue weighted by Gasteiger charge is 2.34. The summed E-state index contributed by atoms with van der Waals surface area (Å²) in [5.74, 6) is -0.948. The number of carbonyl (C=O) groups excluding carboxylic acids is 3. The van der Waals surface area contributed by atoms with Crippen molar-refractivity contribution in [2.24, 2.45) is 0 Å². The van der Waals surface area contributed by atoms with E-state index in [1.54, 1.807) is 32.9 Å². The summed E-state index contributed by atoms with van der Waals surface area (Å²) >= 11 is 0. The predicted molar refractivity (Wildman–Crippen MR) is 121 cm³/mol. The van der Waals surface area contributed by atoms with E-state index in [0.29, 0.717) is 5.56 Å². The molecule has 0 spiro atoms. The maximum absolute atomic E-state index is 13.2. The number of ether oxygens (including phenoxy) is 1. The number of hydrogen-bond acceptors (Lipinski definition) is 6. The first-order chi connectivity index (χ1) is 14.9. The van der Waals surface area contributed by atoms with E-state index in [1.807, 2.05) is 13.8 Å². The molecule has 0 fully saturated rings. The fraction of sp³-hybridized carbons (Fsp3) is 0.609. The molecule has 1 rings (SSSR count). The van der Waals surface area contributed by atoms with Crippen LogP contribution in [0, 0.1) is 0 Å². The molecule has 0 bridgehead atoms. The molecule has 4 N–H and O–H groups in total. The predicted octanol–water partition coefficient (Wildman–Crippen LogP) is 2.47. The quantitative estimate of drug-likeness (QED) is 0.433. The van der Waals surface area contributed by atoms with Crippen molar-refractivity contribution in [2.75, 3.05) is 13.2 Å². The van der Waals surface area contributed by atoms with Crippen LogP contribution >= 0.6 is 0 Å². The Labute approximate surface area is 190 Å². The van der Waals surface area contributed by atoms with Gasteiger partial charge in [0.2, 0.25) is 11.8 Å². The van der Waals surface area contributed by atoms with Crippen molar-refractivity contribution in [1.29, 1.82) is 0 Å². The number of nitrogens with zero attached hydrogens (tertiary/aromatic N) is 1. The number of aromatic hydroxyl groups is 1.